The van der Waals surface area contributed by atoms with Crippen LogP contribution < -0.4 is 15.0 Å². The third kappa shape index (κ3) is 6.88. The van der Waals surface area contributed by atoms with E-state index in [1.165, 1.54) is 24.3 Å². The van der Waals surface area contributed by atoms with Crippen molar-refractivity contribution < 1.29 is 26.3 Å². The zero-order valence-corrected chi connectivity index (χ0v) is 21.3. The van der Waals surface area contributed by atoms with Crippen molar-refractivity contribution in [3.63, 3.8) is 0 Å². The van der Waals surface area contributed by atoms with Gasteiger partial charge in [0, 0.05) is 37.0 Å². The summed E-state index contributed by atoms with van der Waals surface area (Å²) in [4.78, 5) is 15.7. The Bertz CT molecular complexity index is 1330. The molecule has 37 heavy (non-hydrogen) atoms. The van der Waals surface area contributed by atoms with Crippen LogP contribution >= 0.6 is 0 Å². The minimum absolute atomic E-state index is 0.0141. The van der Waals surface area contributed by atoms with Crippen molar-refractivity contribution in [3.8, 4) is 17.1 Å². The lowest BCUT2D eigenvalue weighted by molar-refractivity contribution is -0.274. The third-order valence-corrected chi connectivity index (χ3v) is 7.33. The first-order valence-corrected chi connectivity index (χ1v) is 13.8. The SMILES string of the molecule is CNc1nc(-c2ccc(S(C)(=O)=O)cc2)nc(N(Cc2ccccc2OC(F)(F)F)C2CCCCC2)n1. The maximum absolute atomic E-state index is 13.1. The largest absolute Gasteiger partial charge is 0.573 e. The Morgan fingerprint density at radius 2 is 1.68 bits per heavy atom. The molecule has 2 aromatic carbocycles. The number of benzene rings is 2. The maximum atomic E-state index is 13.1. The van der Waals surface area contributed by atoms with Crippen LogP contribution in [0.15, 0.2) is 53.4 Å². The highest BCUT2D eigenvalue weighted by Gasteiger charge is 2.33. The predicted octanol–water partition coefficient (Wildman–Crippen LogP) is 5.22. The number of alkyl halides is 3. The molecule has 1 aromatic heterocycles. The molecule has 0 unspecified atom stereocenters. The van der Waals surface area contributed by atoms with Crippen molar-refractivity contribution in [3.05, 3.63) is 54.1 Å². The van der Waals surface area contributed by atoms with Crippen molar-refractivity contribution in [1.29, 1.82) is 0 Å². The summed E-state index contributed by atoms with van der Waals surface area (Å²) >= 11 is 0. The molecular weight excluding hydrogens is 507 g/mol. The van der Waals surface area contributed by atoms with Gasteiger partial charge < -0.3 is 15.0 Å². The topological polar surface area (TPSA) is 97.3 Å². The van der Waals surface area contributed by atoms with Crippen LogP contribution in [0.3, 0.4) is 0 Å². The lowest BCUT2D eigenvalue weighted by atomic mass is 9.94. The van der Waals surface area contributed by atoms with E-state index in [1.807, 2.05) is 4.90 Å². The molecule has 198 valence electrons. The van der Waals surface area contributed by atoms with Gasteiger partial charge in [0.1, 0.15) is 5.75 Å². The summed E-state index contributed by atoms with van der Waals surface area (Å²) in [5, 5.41) is 2.92. The molecule has 12 heteroatoms. The second-order valence-electron chi connectivity index (χ2n) is 8.90. The standard InChI is InChI=1S/C25H28F3N5O3S/c1-29-23-30-22(17-12-14-20(15-13-17)37(2,34)35)31-24(32-23)33(19-9-4-3-5-10-19)16-18-8-6-7-11-21(18)36-25(26,27)28/h6-8,11-15,19H,3-5,9-10,16H2,1-2H3,(H,29,30,31,32). The Morgan fingerprint density at radius 1 is 1.00 bits per heavy atom. The van der Waals surface area contributed by atoms with Crippen LogP contribution in [0.25, 0.3) is 11.4 Å². The van der Waals surface area contributed by atoms with Crippen LogP contribution in [0, 0.1) is 0 Å². The molecule has 8 nitrogen and oxygen atoms in total. The van der Waals surface area contributed by atoms with Gasteiger partial charge in [0.05, 0.1) is 4.90 Å². The van der Waals surface area contributed by atoms with E-state index < -0.39 is 16.2 Å². The van der Waals surface area contributed by atoms with Crippen LogP contribution in [0.1, 0.15) is 37.7 Å². The first kappa shape index (κ1) is 26.6. The highest BCUT2D eigenvalue weighted by molar-refractivity contribution is 7.90. The van der Waals surface area contributed by atoms with E-state index in [1.54, 1.807) is 31.3 Å². The van der Waals surface area contributed by atoms with Gasteiger partial charge in [-0.3, -0.25) is 0 Å². The number of hydrogen-bond donors (Lipinski definition) is 1. The minimum Gasteiger partial charge on any atom is -0.405 e. The van der Waals surface area contributed by atoms with Crippen LogP contribution in [0.2, 0.25) is 0 Å². The van der Waals surface area contributed by atoms with E-state index >= 15 is 0 Å². The zero-order chi connectivity index (χ0) is 26.6. The second-order valence-corrected chi connectivity index (χ2v) is 10.9. The average Bonchev–Trinajstić information content (AvgIpc) is 2.87. The number of nitrogens with zero attached hydrogens (tertiary/aromatic N) is 4. The molecule has 0 spiro atoms. The van der Waals surface area contributed by atoms with E-state index in [9.17, 15) is 21.6 Å². The number of sulfone groups is 1. The average molecular weight is 536 g/mol. The summed E-state index contributed by atoms with van der Waals surface area (Å²) in [6.45, 7) is 0.108. The number of aromatic nitrogens is 3. The zero-order valence-electron chi connectivity index (χ0n) is 20.5. The fourth-order valence-electron chi connectivity index (χ4n) is 4.38. The first-order valence-electron chi connectivity index (χ1n) is 11.9. The van der Waals surface area contributed by atoms with Crippen molar-refractivity contribution in [2.45, 2.75) is 55.9 Å². The summed E-state index contributed by atoms with van der Waals surface area (Å²) in [6.07, 6.45) is 1.09. The van der Waals surface area contributed by atoms with Gasteiger partial charge in [0.2, 0.25) is 11.9 Å². The molecule has 3 aromatic rings. The van der Waals surface area contributed by atoms with E-state index in [4.69, 9.17) is 0 Å². The summed E-state index contributed by atoms with van der Waals surface area (Å²) in [5.41, 5.74) is 0.938. The summed E-state index contributed by atoms with van der Waals surface area (Å²) in [7, 11) is -1.71. The number of para-hydroxylation sites is 1. The molecule has 0 atom stereocenters. The molecule has 1 aliphatic rings. The summed E-state index contributed by atoms with van der Waals surface area (Å²) in [6, 6.07) is 12.3. The monoisotopic (exact) mass is 535 g/mol. The molecule has 1 N–H and O–H groups in total. The van der Waals surface area contributed by atoms with Gasteiger partial charge in [-0.2, -0.15) is 15.0 Å². The van der Waals surface area contributed by atoms with Crippen LogP contribution in [0.5, 0.6) is 5.75 Å². The Labute approximate surface area is 213 Å². The van der Waals surface area contributed by atoms with Crippen molar-refractivity contribution in [2.24, 2.45) is 0 Å². The van der Waals surface area contributed by atoms with Gasteiger partial charge in [-0.05, 0) is 43.2 Å². The summed E-state index contributed by atoms with van der Waals surface area (Å²) in [5.74, 6) is 0.647. The Morgan fingerprint density at radius 3 is 2.30 bits per heavy atom. The fourth-order valence-corrected chi connectivity index (χ4v) is 5.01. The van der Waals surface area contributed by atoms with Gasteiger partial charge in [0.15, 0.2) is 15.7 Å². The fraction of sp³-hybridized carbons (Fsp3) is 0.400. The first-order chi connectivity index (χ1) is 17.5. The Balaban J connectivity index is 1.76. The quantitative estimate of drug-likeness (QED) is 0.419. The maximum Gasteiger partial charge on any atom is 0.573 e. The molecule has 1 aliphatic carbocycles. The van der Waals surface area contributed by atoms with Crippen molar-refractivity contribution in [2.75, 3.05) is 23.5 Å². The third-order valence-electron chi connectivity index (χ3n) is 6.20. The van der Waals surface area contributed by atoms with Gasteiger partial charge in [-0.15, -0.1) is 13.2 Å². The number of halogens is 3. The lowest BCUT2D eigenvalue weighted by Gasteiger charge is -2.35. The highest BCUT2D eigenvalue weighted by atomic mass is 32.2. The molecule has 0 aliphatic heterocycles. The van der Waals surface area contributed by atoms with E-state index in [2.05, 4.69) is 25.0 Å². The molecule has 0 saturated heterocycles. The molecule has 1 saturated carbocycles. The van der Waals surface area contributed by atoms with E-state index in [-0.39, 0.29) is 29.2 Å². The van der Waals surface area contributed by atoms with Gasteiger partial charge in [-0.1, -0.05) is 37.5 Å². The summed E-state index contributed by atoms with van der Waals surface area (Å²) < 4.78 is 67.2. The minimum atomic E-state index is -4.82. The lowest BCUT2D eigenvalue weighted by Crippen LogP contribution is -2.38. The van der Waals surface area contributed by atoms with E-state index in [0.717, 1.165) is 38.4 Å². The molecule has 1 fully saturated rings. The van der Waals surface area contributed by atoms with E-state index in [0.29, 0.717) is 22.9 Å². The predicted molar refractivity (Wildman–Crippen MR) is 134 cm³/mol. The Hall–Kier alpha value is -3.41. The molecule has 1 heterocycles. The van der Waals surface area contributed by atoms with Gasteiger partial charge in [-0.25, -0.2) is 8.42 Å². The van der Waals surface area contributed by atoms with Crippen LogP contribution in [0.4, 0.5) is 25.1 Å². The smallest absolute Gasteiger partial charge is 0.405 e. The van der Waals surface area contributed by atoms with Crippen LogP contribution in [-0.4, -0.2) is 49.1 Å². The van der Waals surface area contributed by atoms with Crippen LogP contribution in [-0.2, 0) is 16.4 Å². The normalized spacial score (nSPS) is 14.8. The number of nitrogens with one attached hydrogen (secondary N) is 1. The second kappa shape index (κ2) is 10.9. The molecule has 0 bridgehead atoms. The number of ether oxygens (including phenoxy) is 1. The van der Waals surface area contributed by atoms with Gasteiger partial charge >= 0.3 is 6.36 Å². The van der Waals surface area contributed by atoms with Crippen molar-refractivity contribution >= 4 is 21.7 Å². The number of anilines is 2. The Kier molecular flexibility index (Phi) is 7.86. The molecule has 0 radical (unpaired) electrons. The molecule has 0 amide bonds. The number of hydrogen-bond acceptors (Lipinski definition) is 8. The van der Waals surface area contributed by atoms with Gasteiger partial charge in [0.25, 0.3) is 0 Å². The van der Waals surface area contributed by atoms with Crippen molar-refractivity contribution in [1.82, 2.24) is 15.0 Å². The number of rotatable bonds is 8. The highest BCUT2D eigenvalue weighted by Crippen LogP contribution is 2.32. The molecular formula is C25H28F3N5O3S. The molecule has 4 rings (SSSR count).